The van der Waals surface area contributed by atoms with Crippen molar-refractivity contribution in [3.8, 4) is 0 Å². The van der Waals surface area contributed by atoms with Crippen molar-refractivity contribution < 1.29 is 0 Å². The van der Waals surface area contributed by atoms with Crippen LogP contribution in [0.15, 0.2) is 18.7 Å². The topological polar surface area (TPSA) is 21.1 Å². The molecule has 1 rings (SSSR count). The van der Waals surface area contributed by atoms with E-state index in [9.17, 15) is 0 Å². The van der Waals surface area contributed by atoms with Crippen LogP contribution in [0.2, 0.25) is 0 Å². The molecule has 0 saturated carbocycles. The highest BCUT2D eigenvalue weighted by Crippen LogP contribution is 2.27. The van der Waals surface area contributed by atoms with E-state index in [1.807, 2.05) is 18.7 Å². The maximum absolute atomic E-state index is 4.09. The summed E-state index contributed by atoms with van der Waals surface area (Å²) in [6, 6.07) is 0.589. The highest BCUT2D eigenvalue weighted by Gasteiger charge is 2.26. The number of aromatic nitrogens is 2. The minimum Gasteiger partial charge on any atom is -0.336 e. The Bertz CT molecular complexity index is 326. The van der Waals surface area contributed by atoms with Crippen molar-refractivity contribution in [2.45, 2.75) is 54.1 Å². The Balaban J connectivity index is 2.55. The van der Waals surface area contributed by atoms with Gasteiger partial charge >= 0.3 is 0 Å². The molecular formula is C15H29N3. The lowest BCUT2D eigenvalue weighted by atomic mass is 9.80. The Morgan fingerprint density at radius 2 is 1.89 bits per heavy atom. The van der Waals surface area contributed by atoms with Gasteiger partial charge in [0.1, 0.15) is 0 Å². The molecule has 3 nitrogen and oxygen atoms in total. The summed E-state index contributed by atoms with van der Waals surface area (Å²) in [6.07, 6.45) is 5.77. The van der Waals surface area contributed by atoms with Crippen LogP contribution in [-0.2, 0) is 6.54 Å². The molecule has 0 atom stereocenters. The normalized spacial score (nSPS) is 12.9. The van der Waals surface area contributed by atoms with Gasteiger partial charge in [-0.2, -0.15) is 0 Å². The van der Waals surface area contributed by atoms with Gasteiger partial charge in [0, 0.05) is 38.1 Å². The van der Waals surface area contributed by atoms with E-state index < -0.39 is 0 Å². The van der Waals surface area contributed by atoms with E-state index >= 15 is 0 Å². The first-order chi connectivity index (χ1) is 8.33. The zero-order valence-corrected chi connectivity index (χ0v) is 12.8. The quantitative estimate of drug-likeness (QED) is 0.741. The summed E-state index contributed by atoms with van der Waals surface area (Å²) in [7, 11) is 0. The molecule has 18 heavy (non-hydrogen) atoms. The Labute approximate surface area is 112 Å². The van der Waals surface area contributed by atoms with Crippen molar-refractivity contribution in [1.29, 1.82) is 0 Å². The van der Waals surface area contributed by atoms with Crippen LogP contribution in [0.25, 0.3) is 0 Å². The van der Waals surface area contributed by atoms with E-state index in [1.54, 1.807) is 0 Å². The molecule has 0 aromatic carbocycles. The van der Waals surface area contributed by atoms with Crippen LogP contribution in [0.3, 0.4) is 0 Å². The summed E-state index contributed by atoms with van der Waals surface area (Å²) in [4.78, 5) is 6.66. The van der Waals surface area contributed by atoms with Crippen LogP contribution < -0.4 is 0 Å². The van der Waals surface area contributed by atoms with Gasteiger partial charge in [-0.3, -0.25) is 4.90 Å². The zero-order valence-electron chi connectivity index (χ0n) is 12.8. The molecule has 0 aliphatic carbocycles. The second-order valence-electron chi connectivity index (χ2n) is 6.51. The van der Waals surface area contributed by atoms with E-state index in [0.717, 1.165) is 19.6 Å². The minimum atomic E-state index is 0.360. The van der Waals surface area contributed by atoms with Gasteiger partial charge in [-0.1, -0.05) is 27.7 Å². The van der Waals surface area contributed by atoms with Gasteiger partial charge in [-0.15, -0.1) is 0 Å². The van der Waals surface area contributed by atoms with Gasteiger partial charge in [-0.25, -0.2) is 4.98 Å². The number of hydrogen-bond donors (Lipinski definition) is 0. The maximum Gasteiger partial charge on any atom is 0.0946 e. The third-order valence-electron chi connectivity index (χ3n) is 4.11. The van der Waals surface area contributed by atoms with E-state index in [2.05, 4.69) is 56.0 Å². The Hall–Kier alpha value is -0.830. The zero-order chi connectivity index (χ0) is 13.8. The molecule has 0 fully saturated rings. The number of hydrogen-bond acceptors (Lipinski definition) is 2. The molecule has 1 heterocycles. The fraction of sp³-hybridized carbons (Fsp3) is 0.800. The molecule has 0 bridgehead atoms. The molecule has 1 aromatic heterocycles. The van der Waals surface area contributed by atoms with Crippen molar-refractivity contribution in [3.63, 3.8) is 0 Å². The minimum absolute atomic E-state index is 0.360. The summed E-state index contributed by atoms with van der Waals surface area (Å²) in [5, 5.41) is 0. The molecule has 0 unspecified atom stereocenters. The lowest BCUT2D eigenvalue weighted by Crippen LogP contribution is -2.42. The Morgan fingerprint density at radius 3 is 2.33 bits per heavy atom. The van der Waals surface area contributed by atoms with Gasteiger partial charge in [0.05, 0.1) is 6.33 Å². The van der Waals surface area contributed by atoms with Crippen LogP contribution in [0.5, 0.6) is 0 Å². The standard InChI is InChI=1S/C15H29N3/c1-13(2)15(5,6)11-18(14(3)4)10-9-17-8-7-16-12-17/h7-8,12-14H,9-11H2,1-6H3. The first kappa shape index (κ1) is 15.2. The van der Waals surface area contributed by atoms with Crippen LogP contribution in [0.4, 0.5) is 0 Å². The molecule has 104 valence electrons. The van der Waals surface area contributed by atoms with E-state index in [-0.39, 0.29) is 0 Å². The van der Waals surface area contributed by atoms with Crippen molar-refractivity contribution >= 4 is 0 Å². The van der Waals surface area contributed by atoms with Crippen LogP contribution in [0.1, 0.15) is 41.5 Å². The number of rotatable bonds is 7. The van der Waals surface area contributed by atoms with Gasteiger partial charge < -0.3 is 4.57 Å². The van der Waals surface area contributed by atoms with Crippen molar-refractivity contribution in [2.24, 2.45) is 11.3 Å². The molecule has 0 radical (unpaired) electrons. The lowest BCUT2D eigenvalue weighted by Gasteiger charge is -2.38. The second kappa shape index (κ2) is 6.37. The molecular weight excluding hydrogens is 222 g/mol. The molecule has 0 aliphatic rings. The van der Waals surface area contributed by atoms with E-state index in [0.29, 0.717) is 17.4 Å². The van der Waals surface area contributed by atoms with E-state index in [1.165, 1.54) is 0 Å². The first-order valence-corrected chi connectivity index (χ1v) is 7.02. The predicted molar refractivity (Wildman–Crippen MR) is 77.6 cm³/mol. The van der Waals surface area contributed by atoms with Crippen LogP contribution >= 0.6 is 0 Å². The largest absolute Gasteiger partial charge is 0.336 e. The third kappa shape index (κ3) is 4.45. The summed E-state index contributed by atoms with van der Waals surface area (Å²) >= 11 is 0. The summed E-state index contributed by atoms with van der Waals surface area (Å²) in [5.74, 6) is 0.701. The summed E-state index contributed by atoms with van der Waals surface area (Å²) in [5.41, 5.74) is 0.360. The van der Waals surface area contributed by atoms with Gasteiger partial charge in [-0.05, 0) is 25.2 Å². The van der Waals surface area contributed by atoms with Crippen LogP contribution in [-0.4, -0.2) is 33.6 Å². The van der Waals surface area contributed by atoms with Gasteiger partial charge in [0.25, 0.3) is 0 Å². The molecule has 0 aliphatic heterocycles. The van der Waals surface area contributed by atoms with Crippen molar-refractivity contribution in [2.75, 3.05) is 13.1 Å². The lowest BCUT2D eigenvalue weighted by molar-refractivity contribution is 0.106. The van der Waals surface area contributed by atoms with Crippen molar-refractivity contribution in [1.82, 2.24) is 14.5 Å². The highest BCUT2D eigenvalue weighted by atomic mass is 15.2. The monoisotopic (exact) mass is 251 g/mol. The molecule has 0 amide bonds. The third-order valence-corrected chi connectivity index (χ3v) is 4.11. The molecule has 0 spiro atoms. The molecule has 1 aromatic rings. The van der Waals surface area contributed by atoms with Gasteiger partial charge in [0.15, 0.2) is 0 Å². The average Bonchev–Trinajstić information content (AvgIpc) is 2.76. The predicted octanol–water partition coefficient (Wildman–Crippen LogP) is 3.28. The fourth-order valence-corrected chi connectivity index (χ4v) is 1.89. The SMILES string of the molecule is CC(C)N(CCn1ccnc1)CC(C)(C)C(C)C. The van der Waals surface area contributed by atoms with Crippen LogP contribution in [0, 0.1) is 11.3 Å². The Kier molecular flexibility index (Phi) is 5.39. The fourth-order valence-electron chi connectivity index (χ4n) is 1.89. The maximum atomic E-state index is 4.09. The average molecular weight is 251 g/mol. The second-order valence-corrected chi connectivity index (χ2v) is 6.51. The van der Waals surface area contributed by atoms with Crippen molar-refractivity contribution in [3.05, 3.63) is 18.7 Å². The highest BCUT2D eigenvalue weighted by molar-refractivity contribution is 4.80. The van der Waals surface area contributed by atoms with E-state index in [4.69, 9.17) is 0 Å². The summed E-state index contributed by atoms with van der Waals surface area (Å²) in [6.45, 7) is 17.2. The van der Waals surface area contributed by atoms with Gasteiger partial charge in [0.2, 0.25) is 0 Å². The number of nitrogens with zero attached hydrogens (tertiary/aromatic N) is 3. The Morgan fingerprint density at radius 1 is 1.22 bits per heavy atom. The first-order valence-electron chi connectivity index (χ1n) is 7.02. The molecule has 0 N–H and O–H groups in total. The number of imidazole rings is 1. The molecule has 3 heteroatoms. The summed E-state index contributed by atoms with van der Waals surface area (Å²) < 4.78 is 2.15. The smallest absolute Gasteiger partial charge is 0.0946 e. The molecule has 0 saturated heterocycles.